The molecule has 1 rings (SSSR count). The average Bonchev–Trinajstić information content (AvgIpc) is 2.28. The molecule has 0 unspecified atom stereocenters. The maximum absolute atomic E-state index is 11.6. The zero-order valence-electron chi connectivity index (χ0n) is 8.71. The number of nitrogens with one attached hydrogen (secondary N) is 1. The largest absolute Gasteiger partial charge is 0.394 e. The molecule has 1 amide bonds. The predicted octanol–water partition coefficient (Wildman–Crippen LogP) is 0.705. The molecule has 1 aromatic rings. The van der Waals surface area contributed by atoms with Gasteiger partial charge in [-0.15, -0.1) is 0 Å². The predicted molar refractivity (Wildman–Crippen MR) is 57.1 cm³/mol. The third-order valence-electron chi connectivity index (χ3n) is 2.00. The molecular formula is C10H12N2O4. The quantitative estimate of drug-likeness (QED) is 0.581. The molecule has 0 heterocycles. The third kappa shape index (κ3) is 2.77. The van der Waals surface area contributed by atoms with Crippen molar-refractivity contribution in [2.75, 3.05) is 6.61 Å². The van der Waals surface area contributed by atoms with Crippen molar-refractivity contribution in [2.24, 2.45) is 0 Å². The summed E-state index contributed by atoms with van der Waals surface area (Å²) in [5.74, 6) is -0.561. The summed E-state index contributed by atoms with van der Waals surface area (Å²) in [6.07, 6.45) is 0. The normalized spacial score (nSPS) is 11.9. The minimum absolute atomic E-state index is 0.00667. The molecule has 0 saturated carbocycles. The van der Waals surface area contributed by atoms with Gasteiger partial charge in [-0.2, -0.15) is 0 Å². The molecule has 16 heavy (non-hydrogen) atoms. The first kappa shape index (κ1) is 12.1. The Morgan fingerprint density at radius 1 is 1.56 bits per heavy atom. The highest BCUT2D eigenvalue weighted by Crippen LogP contribution is 2.17. The molecule has 0 aliphatic carbocycles. The van der Waals surface area contributed by atoms with Crippen molar-refractivity contribution in [1.82, 2.24) is 5.32 Å². The third-order valence-corrected chi connectivity index (χ3v) is 2.00. The molecule has 0 saturated heterocycles. The van der Waals surface area contributed by atoms with Gasteiger partial charge in [-0.1, -0.05) is 12.1 Å². The lowest BCUT2D eigenvalue weighted by Gasteiger charge is -2.10. The maximum Gasteiger partial charge on any atom is 0.282 e. The number of para-hydroxylation sites is 1. The van der Waals surface area contributed by atoms with Gasteiger partial charge in [0.05, 0.1) is 11.5 Å². The van der Waals surface area contributed by atoms with Crippen molar-refractivity contribution < 1.29 is 14.8 Å². The molecule has 1 aromatic carbocycles. The molecule has 0 spiro atoms. The molecule has 0 aliphatic rings. The Bertz CT molecular complexity index is 406. The van der Waals surface area contributed by atoms with Gasteiger partial charge in [-0.05, 0) is 13.0 Å². The SMILES string of the molecule is C[C@H](CO)NC(=O)c1ccccc1[N+](=O)[O-]. The lowest BCUT2D eigenvalue weighted by atomic mass is 10.1. The Labute approximate surface area is 92.0 Å². The van der Waals surface area contributed by atoms with Crippen LogP contribution in [0.2, 0.25) is 0 Å². The summed E-state index contributed by atoms with van der Waals surface area (Å²) in [6.45, 7) is 1.39. The number of rotatable bonds is 4. The topological polar surface area (TPSA) is 92.5 Å². The standard InChI is InChI=1S/C10H12N2O4/c1-7(6-13)11-10(14)8-4-2-3-5-9(8)12(15)16/h2-5,7,13H,6H2,1H3,(H,11,14)/t7-/m1/s1. The van der Waals surface area contributed by atoms with E-state index in [9.17, 15) is 14.9 Å². The molecule has 0 radical (unpaired) electrons. The molecule has 2 N–H and O–H groups in total. The second-order valence-corrected chi connectivity index (χ2v) is 3.33. The van der Waals surface area contributed by atoms with Crippen LogP contribution in [0.15, 0.2) is 24.3 Å². The van der Waals surface area contributed by atoms with Crippen LogP contribution in [-0.4, -0.2) is 28.6 Å². The van der Waals surface area contributed by atoms with Crippen LogP contribution in [0.3, 0.4) is 0 Å². The molecule has 6 heteroatoms. The summed E-state index contributed by atoms with van der Waals surface area (Å²) >= 11 is 0. The average molecular weight is 224 g/mol. The molecule has 0 aliphatic heterocycles. The number of nitro groups is 1. The van der Waals surface area contributed by atoms with Gasteiger partial charge < -0.3 is 10.4 Å². The number of nitro benzene ring substituents is 1. The Morgan fingerprint density at radius 2 is 2.19 bits per heavy atom. The first-order valence-corrected chi connectivity index (χ1v) is 4.71. The van der Waals surface area contributed by atoms with Crippen LogP contribution in [0, 0.1) is 10.1 Å². The van der Waals surface area contributed by atoms with Gasteiger partial charge in [-0.25, -0.2) is 0 Å². The zero-order valence-corrected chi connectivity index (χ0v) is 8.71. The Kier molecular flexibility index (Phi) is 3.96. The zero-order chi connectivity index (χ0) is 12.1. The van der Waals surface area contributed by atoms with Crippen molar-refractivity contribution >= 4 is 11.6 Å². The van der Waals surface area contributed by atoms with Crippen molar-refractivity contribution in [3.8, 4) is 0 Å². The highest BCUT2D eigenvalue weighted by molar-refractivity contribution is 5.98. The number of aliphatic hydroxyl groups is 1. The Balaban J connectivity index is 2.95. The van der Waals surface area contributed by atoms with Crippen LogP contribution >= 0.6 is 0 Å². The summed E-state index contributed by atoms with van der Waals surface area (Å²) in [5, 5.41) is 21.9. The van der Waals surface area contributed by atoms with E-state index in [2.05, 4.69) is 5.32 Å². The van der Waals surface area contributed by atoms with Crippen molar-refractivity contribution in [1.29, 1.82) is 0 Å². The highest BCUT2D eigenvalue weighted by atomic mass is 16.6. The van der Waals surface area contributed by atoms with Crippen molar-refractivity contribution in [2.45, 2.75) is 13.0 Å². The minimum Gasteiger partial charge on any atom is -0.394 e. The lowest BCUT2D eigenvalue weighted by molar-refractivity contribution is -0.385. The molecule has 0 bridgehead atoms. The van der Waals surface area contributed by atoms with E-state index >= 15 is 0 Å². The van der Waals surface area contributed by atoms with Gasteiger partial charge in [0.1, 0.15) is 5.56 Å². The number of carbonyl (C=O) groups excluding carboxylic acids is 1. The highest BCUT2D eigenvalue weighted by Gasteiger charge is 2.19. The number of aliphatic hydroxyl groups excluding tert-OH is 1. The summed E-state index contributed by atoms with van der Waals surface area (Å²) in [4.78, 5) is 21.7. The minimum atomic E-state index is -0.613. The molecule has 86 valence electrons. The monoisotopic (exact) mass is 224 g/mol. The summed E-state index contributed by atoms with van der Waals surface area (Å²) in [5.41, 5.74) is -0.252. The first-order valence-electron chi connectivity index (χ1n) is 4.71. The van der Waals surface area contributed by atoms with Crippen LogP contribution in [0.5, 0.6) is 0 Å². The number of hydrogen-bond donors (Lipinski definition) is 2. The van der Waals surface area contributed by atoms with Crippen molar-refractivity contribution in [3.63, 3.8) is 0 Å². The Morgan fingerprint density at radius 3 is 2.75 bits per heavy atom. The van der Waals surface area contributed by atoms with E-state index in [1.54, 1.807) is 13.0 Å². The van der Waals surface area contributed by atoms with Gasteiger partial charge in [0.2, 0.25) is 0 Å². The number of amides is 1. The van der Waals surface area contributed by atoms with E-state index in [0.29, 0.717) is 0 Å². The molecule has 0 aromatic heterocycles. The molecule has 6 nitrogen and oxygen atoms in total. The van der Waals surface area contributed by atoms with Gasteiger partial charge in [-0.3, -0.25) is 14.9 Å². The first-order chi connectivity index (χ1) is 7.56. The fourth-order valence-electron chi connectivity index (χ4n) is 1.17. The second-order valence-electron chi connectivity index (χ2n) is 3.33. The van der Waals surface area contributed by atoms with E-state index in [-0.39, 0.29) is 17.9 Å². The fraction of sp³-hybridized carbons (Fsp3) is 0.300. The van der Waals surface area contributed by atoms with Gasteiger partial charge in [0.25, 0.3) is 11.6 Å². The number of benzene rings is 1. The van der Waals surface area contributed by atoms with Gasteiger partial charge >= 0.3 is 0 Å². The van der Waals surface area contributed by atoms with Gasteiger partial charge in [0.15, 0.2) is 0 Å². The lowest BCUT2D eigenvalue weighted by Crippen LogP contribution is -2.35. The van der Waals surface area contributed by atoms with E-state index in [1.165, 1.54) is 18.2 Å². The summed E-state index contributed by atoms with van der Waals surface area (Å²) < 4.78 is 0. The summed E-state index contributed by atoms with van der Waals surface area (Å²) in [6, 6.07) is 5.23. The van der Waals surface area contributed by atoms with Crippen LogP contribution in [0.25, 0.3) is 0 Å². The van der Waals surface area contributed by atoms with E-state index < -0.39 is 16.9 Å². The maximum atomic E-state index is 11.6. The van der Waals surface area contributed by atoms with Crippen molar-refractivity contribution in [3.05, 3.63) is 39.9 Å². The molecule has 1 atom stereocenters. The number of carbonyl (C=O) groups is 1. The van der Waals surface area contributed by atoms with Crippen LogP contribution in [0.1, 0.15) is 17.3 Å². The van der Waals surface area contributed by atoms with E-state index in [4.69, 9.17) is 5.11 Å². The van der Waals surface area contributed by atoms with Gasteiger partial charge in [0, 0.05) is 12.1 Å². The number of nitrogens with zero attached hydrogens (tertiary/aromatic N) is 1. The fourth-order valence-corrected chi connectivity index (χ4v) is 1.17. The molecule has 0 fully saturated rings. The summed E-state index contributed by atoms with van der Waals surface area (Å²) in [7, 11) is 0. The van der Waals surface area contributed by atoms with E-state index in [1.807, 2.05) is 0 Å². The van der Waals surface area contributed by atoms with Crippen LogP contribution in [0.4, 0.5) is 5.69 Å². The van der Waals surface area contributed by atoms with Crippen LogP contribution in [-0.2, 0) is 0 Å². The second kappa shape index (κ2) is 5.22. The smallest absolute Gasteiger partial charge is 0.282 e. The molecular weight excluding hydrogens is 212 g/mol. The Hall–Kier alpha value is -1.95. The number of hydrogen-bond acceptors (Lipinski definition) is 4. The van der Waals surface area contributed by atoms with Crippen LogP contribution < -0.4 is 5.32 Å². The van der Waals surface area contributed by atoms with E-state index in [0.717, 1.165) is 0 Å².